The van der Waals surface area contributed by atoms with Crippen molar-refractivity contribution in [2.24, 2.45) is 5.73 Å². The minimum Gasteiger partial charge on any atom is -0.493 e. The van der Waals surface area contributed by atoms with E-state index in [1.54, 1.807) is 18.2 Å². The van der Waals surface area contributed by atoms with Gasteiger partial charge in [0.25, 0.3) is 0 Å². The minimum absolute atomic E-state index is 0.318. The van der Waals surface area contributed by atoms with Crippen LogP contribution in [0.15, 0.2) is 24.8 Å². The molecule has 0 fully saturated rings. The summed E-state index contributed by atoms with van der Waals surface area (Å²) in [5.74, 6) is -0.0542. The second kappa shape index (κ2) is 5.36. The molecule has 1 atom stereocenters. The monoisotopic (exact) mass is 237 g/mol. The molecule has 1 aromatic carbocycles. The highest BCUT2D eigenvalue weighted by molar-refractivity contribution is 5.90. The van der Waals surface area contributed by atoms with Gasteiger partial charge in [0, 0.05) is 0 Å². The standard InChI is InChI=1S/C12H15NO4/c1-7(11(13)12(14)15)8-4-5-9(16-2)10(6-8)17-3/h4-6,11H,1,13H2,2-3H3,(H,14,15). The molecule has 17 heavy (non-hydrogen) atoms. The van der Waals surface area contributed by atoms with Gasteiger partial charge in [0.15, 0.2) is 11.5 Å². The lowest BCUT2D eigenvalue weighted by Gasteiger charge is -2.13. The zero-order valence-corrected chi connectivity index (χ0v) is 9.77. The van der Waals surface area contributed by atoms with Gasteiger partial charge >= 0.3 is 5.97 Å². The third kappa shape index (κ3) is 2.76. The summed E-state index contributed by atoms with van der Waals surface area (Å²) in [4.78, 5) is 10.7. The fraction of sp³-hybridized carbons (Fsp3) is 0.250. The molecule has 0 aliphatic rings. The van der Waals surface area contributed by atoms with Crippen molar-refractivity contribution >= 4 is 11.5 Å². The lowest BCUT2D eigenvalue weighted by atomic mass is 10.0. The lowest BCUT2D eigenvalue weighted by Crippen LogP contribution is -2.30. The summed E-state index contributed by atoms with van der Waals surface area (Å²) >= 11 is 0. The molecule has 0 aromatic heterocycles. The molecule has 0 bridgehead atoms. The van der Waals surface area contributed by atoms with Gasteiger partial charge in [0.2, 0.25) is 0 Å². The molecular weight excluding hydrogens is 222 g/mol. The first-order valence-corrected chi connectivity index (χ1v) is 4.90. The highest BCUT2D eigenvalue weighted by atomic mass is 16.5. The Bertz CT molecular complexity index is 442. The molecule has 92 valence electrons. The molecule has 5 heteroatoms. The van der Waals surface area contributed by atoms with E-state index in [1.807, 2.05) is 0 Å². The first-order valence-electron chi connectivity index (χ1n) is 4.90. The Labute approximate surface area is 99.5 Å². The van der Waals surface area contributed by atoms with E-state index >= 15 is 0 Å². The van der Waals surface area contributed by atoms with E-state index in [1.165, 1.54) is 14.2 Å². The van der Waals surface area contributed by atoms with Crippen LogP contribution in [0.25, 0.3) is 5.57 Å². The van der Waals surface area contributed by atoms with E-state index in [2.05, 4.69) is 6.58 Å². The number of aliphatic carboxylic acids is 1. The maximum atomic E-state index is 10.7. The fourth-order valence-corrected chi connectivity index (χ4v) is 1.36. The molecule has 0 spiro atoms. The first kappa shape index (κ1) is 13.1. The third-order valence-electron chi connectivity index (χ3n) is 2.40. The number of nitrogens with two attached hydrogens (primary N) is 1. The highest BCUT2D eigenvalue weighted by Crippen LogP contribution is 2.30. The van der Waals surface area contributed by atoms with Crippen LogP contribution in [-0.4, -0.2) is 31.3 Å². The molecular formula is C12H15NO4. The summed E-state index contributed by atoms with van der Waals surface area (Å²) in [5.41, 5.74) is 6.41. The summed E-state index contributed by atoms with van der Waals surface area (Å²) < 4.78 is 10.2. The fourth-order valence-electron chi connectivity index (χ4n) is 1.36. The molecule has 1 aromatic rings. The Balaban J connectivity index is 3.08. The van der Waals surface area contributed by atoms with E-state index in [-0.39, 0.29) is 0 Å². The van der Waals surface area contributed by atoms with Gasteiger partial charge in [0.05, 0.1) is 14.2 Å². The van der Waals surface area contributed by atoms with Crippen LogP contribution in [0.1, 0.15) is 5.56 Å². The number of hydrogen-bond donors (Lipinski definition) is 2. The van der Waals surface area contributed by atoms with Crippen LogP contribution in [0.3, 0.4) is 0 Å². The normalized spacial score (nSPS) is 11.7. The van der Waals surface area contributed by atoms with Crippen LogP contribution in [0, 0.1) is 0 Å². The topological polar surface area (TPSA) is 81.8 Å². The van der Waals surface area contributed by atoms with E-state index < -0.39 is 12.0 Å². The number of hydrogen-bond acceptors (Lipinski definition) is 4. The van der Waals surface area contributed by atoms with Gasteiger partial charge in [-0.05, 0) is 23.3 Å². The number of carboxylic acids is 1. The van der Waals surface area contributed by atoms with Crippen LogP contribution < -0.4 is 15.2 Å². The number of methoxy groups -OCH3 is 2. The average Bonchev–Trinajstić information content (AvgIpc) is 2.35. The van der Waals surface area contributed by atoms with Gasteiger partial charge < -0.3 is 20.3 Å². The predicted octanol–water partition coefficient (Wildman–Crippen LogP) is 1.13. The van der Waals surface area contributed by atoms with Crippen LogP contribution in [0.4, 0.5) is 0 Å². The Hall–Kier alpha value is -2.01. The Morgan fingerprint density at radius 1 is 1.35 bits per heavy atom. The molecule has 0 aliphatic carbocycles. The van der Waals surface area contributed by atoms with Crippen molar-refractivity contribution in [3.8, 4) is 11.5 Å². The van der Waals surface area contributed by atoms with Gasteiger partial charge in [-0.3, -0.25) is 4.79 Å². The second-order valence-corrected chi connectivity index (χ2v) is 3.41. The largest absolute Gasteiger partial charge is 0.493 e. The van der Waals surface area contributed by atoms with Crippen LogP contribution in [0.5, 0.6) is 11.5 Å². The Morgan fingerprint density at radius 3 is 2.41 bits per heavy atom. The lowest BCUT2D eigenvalue weighted by molar-refractivity contribution is -0.137. The van der Waals surface area contributed by atoms with Gasteiger partial charge in [-0.15, -0.1) is 0 Å². The second-order valence-electron chi connectivity index (χ2n) is 3.41. The average molecular weight is 237 g/mol. The van der Waals surface area contributed by atoms with Crippen molar-refractivity contribution < 1.29 is 19.4 Å². The van der Waals surface area contributed by atoms with E-state index in [4.69, 9.17) is 20.3 Å². The van der Waals surface area contributed by atoms with Crippen LogP contribution in [-0.2, 0) is 4.79 Å². The molecule has 1 unspecified atom stereocenters. The highest BCUT2D eigenvalue weighted by Gasteiger charge is 2.18. The summed E-state index contributed by atoms with van der Waals surface area (Å²) in [7, 11) is 3.02. The Morgan fingerprint density at radius 2 is 1.94 bits per heavy atom. The quantitative estimate of drug-likeness (QED) is 0.802. The van der Waals surface area contributed by atoms with Crippen molar-refractivity contribution in [1.29, 1.82) is 0 Å². The van der Waals surface area contributed by atoms with Crippen molar-refractivity contribution in [2.75, 3.05) is 14.2 Å². The number of ether oxygens (including phenoxy) is 2. The molecule has 3 N–H and O–H groups in total. The number of carbonyl (C=O) groups is 1. The molecule has 0 heterocycles. The molecule has 0 aliphatic heterocycles. The summed E-state index contributed by atoms with van der Waals surface area (Å²) in [6, 6.07) is 3.87. The Kier molecular flexibility index (Phi) is 4.12. The third-order valence-corrected chi connectivity index (χ3v) is 2.40. The summed E-state index contributed by atoms with van der Waals surface area (Å²) in [6.45, 7) is 3.67. The number of benzene rings is 1. The van der Waals surface area contributed by atoms with Crippen LogP contribution >= 0.6 is 0 Å². The molecule has 1 rings (SSSR count). The molecule has 5 nitrogen and oxygen atoms in total. The van der Waals surface area contributed by atoms with Crippen molar-refractivity contribution in [3.05, 3.63) is 30.3 Å². The zero-order valence-electron chi connectivity index (χ0n) is 9.77. The van der Waals surface area contributed by atoms with Crippen molar-refractivity contribution in [3.63, 3.8) is 0 Å². The molecule has 0 amide bonds. The first-order chi connectivity index (χ1) is 8.01. The maximum absolute atomic E-state index is 10.7. The van der Waals surface area contributed by atoms with E-state index in [0.717, 1.165) is 0 Å². The molecule has 0 saturated heterocycles. The molecule has 0 saturated carbocycles. The maximum Gasteiger partial charge on any atom is 0.325 e. The number of rotatable bonds is 5. The van der Waals surface area contributed by atoms with Crippen molar-refractivity contribution in [1.82, 2.24) is 0 Å². The van der Waals surface area contributed by atoms with Gasteiger partial charge in [-0.1, -0.05) is 12.6 Å². The van der Waals surface area contributed by atoms with Gasteiger partial charge in [0.1, 0.15) is 6.04 Å². The zero-order chi connectivity index (χ0) is 13.0. The minimum atomic E-state index is -1.13. The van der Waals surface area contributed by atoms with Gasteiger partial charge in [-0.2, -0.15) is 0 Å². The summed E-state index contributed by atoms with van der Waals surface area (Å²) in [6.07, 6.45) is 0. The smallest absolute Gasteiger partial charge is 0.325 e. The molecule has 0 radical (unpaired) electrons. The van der Waals surface area contributed by atoms with Crippen molar-refractivity contribution in [2.45, 2.75) is 6.04 Å². The van der Waals surface area contributed by atoms with E-state index in [0.29, 0.717) is 22.6 Å². The SMILES string of the molecule is C=C(c1ccc(OC)c(OC)c1)C(N)C(=O)O. The summed E-state index contributed by atoms with van der Waals surface area (Å²) in [5, 5.41) is 8.80. The predicted molar refractivity (Wildman–Crippen MR) is 64.2 cm³/mol. The van der Waals surface area contributed by atoms with Gasteiger partial charge in [-0.25, -0.2) is 0 Å². The van der Waals surface area contributed by atoms with E-state index in [9.17, 15) is 4.79 Å². The van der Waals surface area contributed by atoms with Crippen LogP contribution in [0.2, 0.25) is 0 Å². The number of carboxylic acid groups (broad SMARTS) is 1.